The molecule has 0 atom stereocenters. The summed E-state index contributed by atoms with van der Waals surface area (Å²) in [7, 11) is 0.765. The molecule has 0 fully saturated rings. The molecule has 11 aromatic rings. The molecule has 1 N–H and O–H groups in total. The van der Waals surface area contributed by atoms with Gasteiger partial charge in [-0.25, -0.2) is 0 Å². The maximum absolute atomic E-state index is 7.06. The van der Waals surface area contributed by atoms with Gasteiger partial charge in [0.05, 0.1) is 5.52 Å². The van der Waals surface area contributed by atoms with Crippen LogP contribution in [0, 0.1) is 0 Å². The Hall–Kier alpha value is -7.82. The van der Waals surface area contributed by atoms with Crippen molar-refractivity contribution in [1.29, 1.82) is 0 Å². The van der Waals surface area contributed by atoms with E-state index in [4.69, 9.17) is 4.42 Å². The average molecular weight is 901 g/mol. The van der Waals surface area contributed by atoms with Crippen LogP contribution >= 0.6 is 0 Å². The fourth-order valence-electron chi connectivity index (χ4n) is 12.7. The van der Waals surface area contributed by atoms with E-state index in [-0.39, 0.29) is 16.2 Å². The Bertz CT molecular complexity index is 4010. The Morgan fingerprint density at radius 1 is 0.471 bits per heavy atom. The molecule has 0 saturated heterocycles. The largest absolute Gasteiger partial charge is 0.455 e. The minimum absolute atomic E-state index is 0.0617. The minimum atomic E-state index is -0.154. The van der Waals surface area contributed by atoms with Crippen LogP contribution in [0.5, 0.6) is 0 Å². The lowest BCUT2D eigenvalue weighted by molar-refractivity contribution is 0.590. The van der Waals surface area contributed by atoms with Gasteiger partial charge in [-0.1, -0.05) is 193 Å². The quantitative estimate of drug-likeness (QED) is 0.174. The number of nitrogens with one attached hydrogen (secondary N) is 1. The van der Waals surface area contributed by atoms with Crippen molar-refractivity contribution in [3.05, 3.63) is 210 Å². The molecule has 9 aromatic carbocycles. The van der Waals surface area contributed by atoms with Crippen LogP contribution in [-0.4, -0.2) is 11.8 Å². The van der Waals surface area contributed by atoms with E-state index in [0.29, 0.717) is 0 Å². The van der Waals surface area contributed by atoms with E-state index in [1.807, 2.05) is 0 Å². The van der Waals surface area contributed by atoms with Crippen molar-refractivity contribution in [2.75, 3.05) is 5.32 Å². The summed E-state index contributed by atoms with van der Waals surface area (Å²) in [5.41, 5.74) is 25.0. The van der Waals surface area contributed by atoms with Crippen LogP contribution in [0.4, 0.5) is 11.4 Å². The van der Waals surface area contributed by atoms with Gasteiger partial charge in [0, 0.05) is 71.6 Å². The van der Waals surface area contributed by atoms with Gasteiger partial charge in [0.2, 0.25) is 0 Å². The molecule has 0 amide bonds. The molecular formula is C66H53BN2O. The zero-order valence-corrected chi connectivity index (χ0v) is 40.9. The second-order valence-corrected chi connectivity index (χ2v) is 22.2. The van der Waals surface area contributed by atoms with Crippen molar-refractivity contribution in [1.82, 2.24) is 4.57 Å². The fraction of sp³-hybridized carbons (Fsp3) is 0.152. The molecule has 0 bridgehead atoms. The van der Waals surface area contributed by atoms with Gasteiger partial charge in [0.1, 0.15) is 11.5 Å². The highest BCUT2D eigenvalue weighted by Crippen LogP contribution is 2.54. The van der Waals surface area contributed by atoms with Gasteiger partial charge < -0.3 is 14.3 Å². The highest BCUT2D eigenvalue weighted by Gasteiger charge is 2.39. The van der Waals surface area contributed by atoms with E-state index < -0.39 is 0 Å². The van der Waals surface area contributed by atoms with E-state index in [1.54, 1.807) is 0 Å². The van der Waals surface area contributed by atoms with Gasteiger partial charge in [-0.3, -0.25) is 0 Å². The standard InChI is InChI=1S/C66H53BN2O/c1-64(2,3)40-26-28-41(29-27-40)68-57-37-55-46(42-22-14-16-24-52(42)66(55,6)7)32-48(57)44-30-31-45-49-33-54-47(43-23-15-17-25-53(43)65(54,4)5)35-58(49)69-59-36-51-50(34-56(59)67-60(44)61(45)69)62(38-18-10-8-11-19-38)70-63(51)39-20-12-9-13-21-39/h8-37,67-68H,1-7H3. The number of fused-ring (bicyclic) bond motifs is 12. The molecule has 14 rings (SSSR count). The van der Waals surface area contributed by atoms with E-state index in [9.17, 15) is 0 Å². The molecule has 0 unspecified atom stereocenters. The van der Waals surface area contributed by atoms with E-state index >= 15 is 0 Å². The van der Waals surface area contributed by atoms with Crippen LogP contribution in [0.25, 0.3) is 94.3 Å². The summed E-state index contributed by atoms with van der Waals surface area (Å²) in [6.45, 7) is 16.4. The molecule has 0 spiro atoms. The van der Waals surface area contributed by atoms with Crippen molar-refractivity contribution in [2.45, 2.75) is 64.7 Å². The molecule has 2 aliphatic carbocycles. The van der Waals surface area contributed by atoms with Crippen molar-refractivity contribution >= 4 is 62.2 Å². The first kappa shape index (κ1) is 41.2. The molecule has 0 saturated carbocycles. The summed E-state index contributed by atoms with van der Waals surface area (Å²) >= 11 is 0. The molecule has 3 heterocycles. The Labute approximate surface area is 410 Å². The molecule has 336 valence electrons. The third-order valence-corrected chi connectivity index (χ3v) is 16.4. The monoisotopic (exact) mass is 900 g/mol. The number of aromatic nitrogens is 1. The minimum Gasteiger partial charge on any atom is -0.455 e. The number of hydrogen-bond donors (Lipinski definition) is 1. The van der Waals surface area contributed by atoms with Crippen LogP contribution in [-0.2, 0) is 16.2 Å². The Morgan fingerprint density at radius 3 is 1.67 bits per heavy atom. The van der Waals surface area contributed by atoms with Gasteiger partial charge in [-0.15, -0.1) is 0 Å². The number of anilines is 2. The van der Waals surface area contributed by atoms with Crippen LogP contribution in [0.3, 0.4) is 0 Å². The summed E-state index contributed by atoms with van der Waals surface area (Å²) in [5.74, 6) is 1.80. The number of furan rings is 1. The van der Waals surface area contributed by atoms with E-state index in [0.717, 1.165) is 52.1 Å². The van der Waals surface area contributed by atoms with Gasteiger partial charge in [-0.05, 0) is 109 Å². The lowest BCUT2D eigenvalue weighted by Gasteiger charge is -2.26. The lowest BCUT2D eigenvalue weighted by Crippen LogP contribution is -2.37. The summed E-state index contributed by atoms with van der Waals surface area (Å²) < 4.78 is 9.68. The first-order valence-electron chi connectivity index (χ1n) is 25.0. The third kappa shape index (κ3) is 5.77. The number of rotatable bonds is 5. The predicted molar refractivity (Wildman–Crippen MR) is 297 cm³/mol. The zero-order valence-electron chi connectivity index (χ0n) is 40.9. The highest BCUT2D eigenvalue weighted by atomic mass is 16.3. The highest BCUT2D eigenvalue weighted by molar-refractivity contribution is 6.73. The Kier molecular flexibility index (Phi) is 8.45. The van der Waals surface area contributed by atoms with Gasteiger partial charge in [0.15, 0.2) is 7.28 Å². The summed E-state index contributed by atoms with van der Waals surface area (Å²) in [4.78, 5) is 0. The molecule has 0 radical (unpaired) electrons. The smallest absolute Gasteiger partial charge is 0.198 e. The van der Waals surface area contributed by atoms with Crippen molar-refractivity contribution < 1.29 is 4.42 Å². The molecule has 3 nitrogen and oxygen atoms in total. The summed E-state index contributed by atoms with van der Waals surface area (Å²) in [6, 6.07) is 68.1. The third-order valence-electron chi connectivity index (χ3n) is 16.4. The lowest BCUT2D eigenvalue weighted by atomic mass is 9.58. The van der Waals surface area contributed by atoms with E-state index in [2.05, 4.69) is 240 Å². The molecule has 2 aromatic heterocycles. The second-order valence-electron chi connectivity index (χ2n) is 22.2. The zero-order chi connectivity index (χ0) is 47.4. The fourth-order valence-corrected chi connectivity index (χ4v) is 12.7. The van der Waals surface area contributed by atoms with Gasteiger partial charge in [0.25, 0.3) is 0 Å². The average Bonchev–Trinajstić information content (AvgIpc) is 4.04. The van der Waals surface area contributed by atoms with Crippen molar-refractivity contribution in [2.24, 2.45) is 0 Å². The maximum atomic E-state index is 7.06. The first-order valence-corrected chi connectivity index (χ1v) is 25.0. The van der Waals surface area contributed by atoms with Crippen LogP contribution < -0.4 is 16.2 Å². The number of hydrogen-bond acceptors (Lipinski definition) is 2. The van der Waals surface area contributed by atoms with Gasteiger partial charge in [-0.2, -0.15) is 0 Å². The summed E-state index contributed by atoms with van der Waals surface area (Å²) in [6.07, 6.45) is 0. The van der Waals surface area contributed by atoms with Crippen molar-refractivity contribution in [3.8, 4) is 61.7 Å². The van der Waals surface area contributed by atoms with Crippen molar-refractivity contribution in [3.63, 3.8) is 0 Å². The van der Waals surface area contributed by atoms with Crippen LogP contribution in [0.2, 0.25) is 0 Å². The topological polar surface area (TPSA) is 30.1 Å². The molecule has 1 aliphatic heterocycles. The Balaban J connectivity index is 1.07. The number of nitrogens with zero attached hydrogens (tertiary/aromatic N) is 1. The molecule has 4 heteroatoms. The van der Waals surface area contributed by atoms with Gasteiger partial charge >= 0.3 is 0 Å². The second kappa shape index (κ2) is 14.4. The SMILES string of the molecule is CC(C)(C)c1ccc(Nc2cc3c(cc2-c2ccc4c5cc6c(cc5n5c4c2Bc2cc4c(-c7ccccc7)oc(-c7ccccc7)c4cc2-5)-c2ccccc2C6(C)C)-c2ccccc2C3(C)C)cc1. The molecular weight excluding hydrogens is 848 g/mol. The number of benzene rings is 9. The molecule has 70 heavy (non-hydrogen) atoms. The molecule has 3 aliphatic rings. The van der Waals surface area contributed by atoms with Crippen LogP contribution in [0.1, 0.15) is 76.3 Å². The summed E-state index contributed by atoms with van der Waals surface area (Å²) in [5, 5.41) is 8.85. The van der Waals surface area contributed by atoms with E-state index in [1.165, 1.54) is 99.6 Å². The van der Waals surface area contributed by atoms with Crippen LogP contribution in [0.15, 0.2) is 186 Å². The normalized spacial score (nSPS) is 14.6. The predicted octanol–water partition coefficient (Wildman–Crippen LogP) is 15.9. The maximum Gasteiger partial charge on any atom is 0.198 e. The first-order chi connectivity index (χ1) is 33.8. The Morgan fingerprint density at radius 2 is 1.04 bits per heavy atom.